The summed E-state index contributed by atoms with van der Waals surface area (Å²) in [6.07, 6.45) is 0. The minimum atomic E-state index is -3.90. The van der Waals surface area contributed by atoms with E-state index in [1.165, 1.54) is 18.2 Å². The van der Waals surface area contributed by atoms with Gasteiger partial charge in [0.15, 0.2) is 0 Å². The molecule has 0 saturated heterocycles. The van der Waals surface area contributed by atoms with Crippen LogP contribution < -0.4 is 9.21 Å². The van der Waals surface area contributed by atoms with Gasteiger partial charge in [0, 0.05) is 20.2 Å². The van der Waals surface area contributed by atoms with Crippen LogP contribution in [0.1, 0.15) is 0 Å². The summed E-state index contributed by atoms with van der Waals surface area (Å²) in [4.78, 5) is 1.78. The number of para-hydroxylation sites is 1. The van der Waals surface area contributed by atoms with E-state index in [1.807, 2.05) is 0 Å². The summed E-state index contributed by atoms with van der Waals surface area (Å²) in [6.45, 7) is 0. The average molecular weight is 370 g/mol. The van der Waals surface area contributed by atoms with E-state index in [-0.39, 0.29) is 10.6 Å². The van der Waals surface area contributed by atoms with E-state index in [9.17, 15) is 12.8 Å². The molecule has 4 nitrogen and oxygen atoms in total. The third-order valence-electron chi connectivity index (χ3n) is 3.92. The lowest BCUT2D eigenvalue weighted by molar-refractivity contribution is 0.596. The van der Waals surface area contributed by atoms with E-state index in [2.05, 4.69) is 0 Å². The molecule has 0 saturated carbocycles. The van der Waals surface area contributed by atoms with Crippen molar-refractivity contribution in [2.24, 2.45) is 0 Å². The lowest BCUT2D eigenvalue weighted by Gasteiger charge is -2.25. The minimum absolute atomic E-state index is 0.140. The molecule has 134 valence electrons. The van der Waals surface area contributed by atoms with Gasteiger partial charge >= 0.3 is 0 Å². The summed E-state index contributed by atoms with van der Waals surface area (Å²) in [6, 6.07) is 21.2. The van der Waals surface area contributed by atoms with Gasteiger partial charge in [-0.2, -0.15) is 0 Å². The van der Waals surface area contributed by atoms with E-state index in [1.54, 1.807) is 79.7 Å². The molecule has 0 radical (unpaired) electrons. The third kappa shape index (κ3) is 3.41. The Balaban J connectivity index is 2.19. The van der Waals surface area contributed by atoms with Crippen molar-refractivity contribution in [2.45, 2.75) is 4.90 Å². The monoisotopic (exact) mass is 370 g/mol. The number of nitrogens with zero attached hydrogens (tertiary/aromatic N) is 2. The van der Waals surface area contributed by atoms with Crippen LogP contribution in [0.5, 0.6) is 0 Å². The van der Waals surface area contributed by atoms with Crippen molar-refractivity contribution < 1.29 is 12.8 Å². The highest BCUT2D eigenvalue weighted by Gasteiger charge is 2.27. The predicted octanol–water partition coefficient (Wildman–Crippen LogP) is 4.42. The first-order valence-electron chi connectivity index (χ1n) is 8.03. The number of rotatable bonds is 5. The molecule has 0 unspecified atom stereocenters. The Kier molecular flexibility index (Phi) is 4.95. The number of sulfonamides is 1. The molecule has 0 spiro atoms. The summed E-state index contributed by atoms with van der Waals surface area (Å²) in [5, 5.41) is 0. The average Bonchev–Trinajstić information content (AvgIpc) is 2.63. The summed E-state index contributed by atoms with van der Waals surface area (Å²) in [7, 11) is -0.444. The molecule has 0 aliphatic heterocycles. The molecule has 3 rings (SSSR count). The van der Waals surface area contributed by atoms with E-state index >= 15 is 0 Å². The summed E-state index contributed by atoms with van der Waals surface area (Å²) < 4.78 is 42.2. The van der Waals surface area contributed by atoms with Gasteiger partial charge in [-0.25, -0.2) is 17.1 Å². The number of benzene rings is 3. The van der Waals surface area contributed by atoms with Crippen molar-refractivity contribution in [1.29, 1.82) is 0 Å². The first-order chi connectivity index (χ1) is 12.4. The van der Waals surface area contributed by atoms with E-state index in [4.69, 9.17) is 0 Å². The topological polar surface area (TPSA) is 40.6 Å². The van der Waals surface area contributed by atoms with Gasteiger partial charge in [-0.15, -0.1) is 0 Å². The Bertz CT molecular complexity index is 991. The highest BCUT2D eigenvalue weighted by atomic mass is 32.2. The zero-order valence-corrected chi connectivity index (χ0v) is 15.3. The molecule has 3 aromatic rings. The van der Waals surface area contributed by atoms with Crippen LogP contribution in [0.15, 0.2) is 83.8 Å². The molecule has 0 fully saturated rings. The van der Waals surface area contributed by atoms with Crippen molar-refractivity contribution >= 4 is 27.1 Å². The van der Waals surface area contributed by atoms with Gasteiger partial charge in [0.25, 0.3) is 10.0 Å². The molecule has 0 bridgehead atoms. The zero-order valence-electron chi connectivity index (χ0n) is 14.5. The highest BCUT2D eigenvalue weighted by molar-refractivity contribution is 7.93. The zero-order chi connectivity index (χ0) is 18.7. The molecule has 26 heavy (non-hydrogen) atoms. The fraction of sp³-hybridized carbons (Fsp3) is 0.100. The summed E-state index contributed by atoms with van der Waals surface area (Å²) in [5.41, 5.74) is 1.07. The first-order valence-corrected chi connectivity index (χ1v) is 9.47. The fourth-order valence-electron chi connectivity index (χ4n) is 2.67. The van der Waals surface area contributed by atoms with E-state index in [0.717, 1.165) is 4.31 Å². The molecule has 0 amide bonds. The maximum Gasteiger partial charge on any atom is 0.268 e. The van der Waals surface area contributed by atoms with Gasteiger partial charge in [0.05, 0.1) is 22.0 Å². The van der Waals surface area contributed by atoms with Gasteiger partial charge in [-0.3, -0.25) is 0 Å². The summed E-state index contributed by atoms with van der Waals surface area (Å²) in [5.74, 6) is -0.489. The molecule has 0 aliphatic carbocycles. The Labute approximate surface area is 153 Å². The molecule has 0 N–H and O–H groups in total. The second-order valence-corrected chi connectivity index (χ2v) is 7.73. The standard InChI is InChI=1S/C20H19FN2O2S/c1-22(2)20-14-13-17(15-19(20)21)23(16-9-5-3-6-10-16)26(24,25)18-11-7-4-8-12-18/h3-15H,1-2H3. The Morgan fingerprint density at radius 3 is 1.88 bits per heavy atom. The second-order valence-electron chi connectivity index (χ2n) is 5.95. The second kappa shape index (κ2) is 7.17. The van der Waals surface area contributed by atoms with Crippen LogP contribution >= 0.6 is 0 Å². The number of hydrogen-bond donors (Lipinski definition) is 0. The van der Waals surface area contributed by atoms with Gasteiger partial charge in [0.1, 0.15) is 5.82 Å². The predicted molar refractivity (Wildman–Crippen MR) is 103 cm³/mol. The molecule has 0 heterocycles. The van der Waals surface area contributed by atoms with Gasteiger partial charge in [-0.05, 0) is 36.4 Å². The van der Waals surface area contributed by atoms with Gasteiger partial charge in [0.2, 0.25) is 0 Å². The number of halogens is 1. The lowest BCUT2D eigenvalue weighted by Crippen LogP contribution is -2.26. The van der Waals surface area contributed by atoms with Crippen LogP contribution in [0.3, 0.4) is 0 Å². The van der Waals surface area contributed by atoms with Crippen molar-refractivity contribution in [3.05, 3.63) is 84.7 Å². The Morgan fingerprint density at radius 1 is 0.769 bits per heavy atom. The van der Waals surface area contributed by atoms with Crippen molar-refractivity contribution in [3.8, 4) is 0 Å². The molecule has 0 aromatic heterocycles. The van der Waals surface area contributed by atoms with Crippen LogP contribution in [0.25, 0.3) is 0 Å². The fourth-order valence-corrected chi connectivity index (χ4v) is 4.17. The minimum Gasteiger partial charge on any atom is -0.375 e. The van der Waals surface area contributed by atoms with Crippen LogP contribution in [0.2, 0.25) is 0 Å². The SMILES string of the molecule is CN(C)c1ccc(N(c2ccccc2)S(=O)(=O)c2ccccc2)cc1F. The van der Waals surface area contributed by atoms with Gasteiger partial charge < -0.3 is 4.90 Å². The van der Waals surface area contributed by atoms with Crippen LogP contribution in [-0.4, -0.2) is 22.5 Å². The van der Waals surface area contributed by atoms with Crippen LogP contribution in [0, 0.1) is 5.82 Å². The highest BCUT2D eigenvalue weighted by Crippen LogP contribution is 2.34. The Hall–Kier alpha value is -2.86. The van der Waals surface area contributed by atoms with Crippen molar-refractivity contribution in [2.75, 3.05) is 23.3 Å². The molecule has 0 aliphatic rings. The van der Waals surface area contributed by atoms with E-state index < -0.39 is 15.8 Å². The molecular weight excluding hydrogens is 351 g/mol. The van der Waals surface area contributed by atoms with Crippen molar-refractivity contribution in [3.63, 3.8) is 0 Å². The maximum atomic E-state index is 14.5. The number of hydrogen-bond acceptors (Lipinski definition) is 3. The third-order valence-corrected chi connectivity index (χ3v) is 5.69. The largest absolute Gasteiger partial charge is 0.375 e. The smallest absolute Gasteiger partial charge is 0.268 e. The summed E-state index contributed by atoms with van der Waals surface area (Å²) >= 11 is 0. The van der Waals surface area contributed by atoms with Crippen LogP contribution in [0.4, 0.5) is 21.5 Å². The molecule has 6 heteroatoms. The Morgan fingerprint density at radius 2 is 1.35 bits per heavy atom. The quantitative estimate of drug-likeness (QED) is 0.668. The number of anilines is 3. The first kappa shape index (κ1) is 17.9. The van der Waals surface area contributed by atoms with Crippen LogP contribution in [-0.2, 0) is 10.0 Å². The van der Waals surface area contributed by atoms with E-state index in [0.29, 0.717) is 11.4 Å². The lowest BCUT2D eigenvalue weighted by atomic mass is 10.2. The molecule has 3 aromatic carbocycles. The molecular formula is C20H19FN2O2S. The van der Waals surface area contributed by atoms with Gasteiger partial charge in [-0.1, -0.05) is 36.4 Å². The normalized spacial score (nSPS) is 11.2. The van der Waals surface area contributed by atoms with Crippen molar-refractivity contribution in [1.82, 2.24) is 0 Å². The molecule has 0 atom stereocenters. The maximum absolute atomic E-state index is 14.5.